The molecule has 2 heterocycles. The summed E-state index contributed by atoms with van der Waals surface area (Å²) in [6, 6.07) is -0.697. The molecule has 0 bridgehead atoms. The number of hydrogen-bond acceptors (Lipinski definition) is 6. The number of nitrogens with one attached hydrogen (secondary N) is 1. The summed E-state index contributed by atoms with van der Waals surface area (Å²) in [5.41, 5.74) is 1.90. The number of nitrogens with zero attached hydrogens (tertiary/aromatic N) is 3. The molecule has 0 aliphatic carbocycles. The average Bonchev–Trinajstić information content (AvgIpc) is 3.18. The molecule has 7 nitrogen and oxygen atoms in total. The van der Waals surface area contributed by atoms with Crippen molar-refractivity contribution in [2.24, 2.45) is 0 Å². The Kier molecular flexibility index (Phi) is 6.78. The number of aromatic nitrogens is 1. The van der Waals surface area contributed by atoms with E-state index in [0.29, 0.717) is 13.0 Å². The van der Waals surface area contributed by atoms with Gasteiger partial charge in [0.05, 0.1) is 11.2 Å². The number of thiazole rings is 1. The molecule has 1 unspecified atom stereocenters. The maximum absolute atomic E-state index is 13.1. The van der Waals surface area contributed by atoms with E-state index in [0.717, 1.165) is 31.6 Å². The number of amides is 2. The third kappa shape index (κ3) is 5.97. The lowest BCUT2D eigenvalue weighted by Crippen LogP contribution is -2.55. The van der Waals surface area contributed by atoms with Gasteiger partial charge in [0, 0.05) is 31.4 Å². The first kappa shape index (κ1) is 19.7. The van der Waals surface area contributed by atoms with E-state index in [4.69, 9.17) is 4.74 Å². The Balaban J connectivity index is 2.11. The molecule has 0 aromatic carbocycles. The van der Waals surface area contributed by atoms with Crippen LogP contribution in [-0.4, -0.2) is 58.3 Å². The van der Waals surface area contributed by atoms with Crippen LogP contribution in [0.25, 0.3) is 0 Å². The molecule has 1 aromatic heterocycles. The molecule has 8 heteroatoms. The fourth-order valence-corrected chi connectivity index (χ4v) is 3.39. The van der Waals surface area contributed by atoms with Crippen molar-refractivity contribution in [3.8, 4) is 0 Å². The van der Waals surface area contributed by atoms with Gasteiger partial charge in [-0.3, -0.25) is 9.80 Å². The van der Waals surface area contributed by atoms with Gasteiger partial charge >= 0.3 is 6.09 Å². The third-order valence-electron chi connectivity index (χ3n) is 3.86. The molecule has 140 valence electrons. The Bertz CT molecular complexity index is 565. The molecule has 0 spiro atoms. The van der Waals surface area contributed by atoms with E-state index < -0.39 is 17.7 Å². The SMILES string of the molecule is CCN(C(=O)C(Cc1cscn1)NC(=O)OC(C)(C)C)N1CCCC1. The van der Waals surface area contributed by atoms with Crippen molar-refractivity contribution in [3.63, 3.8) is 0 Å². The molecule has 2 amide bonds. The largest absolute Gasteiger partial charge is 0.444 e. The van der Waals surface area contributed by atoms with E-state index in [1.165, 1.54) is 11.3 Å². The Morgan fingerprint density at radius 2 is 2.08 bits per heavy atom. The van der Waals surface area contributed by atoms with Gasteiger partial charge < -0.3 is 10.1 Å². The van der Waals surface area contributed by atoms with Crippen molar-refractivity contribution in [3.05, 3.63) is 16.6 Å². The first-order chi connectivity index (χ1) is 11.8. The van der Waals surface area contributed by atoms with E-state index in [-0.39, 0.29) is 5.91 Å². The molecule has 1 fully saturated rings. The minimum atomic E-state index is -0.697. The van der Waals surface area contributed by atoms with E-state index in [1.807, 2.05) is 12.3 Å². The lowest BCUT2D eigenvalue weighted by atomic mass is 10.1. The molecule has 1 atom stereocenters. The van der Waals surface area contributed by atoms with Crippen molar-refractivity contribution in [1.29, 1.82) is 0 Å². The number of carbonyl (C=O) groups is 2. The number of rotatable bonds is 6. The first-order valence-corrected chi connectivity index (χ1v) is 9.67. The van der Waals surface area contributed by atoms with Crippen molar-refractivity contribution < 1.29 is 14.3 Å². The molecular weight excluding hydrogens is 340 g/mol. The van der Waals surface area contributed by atoms with Gasteiger partial charge in [0.25, 0.3) is 5.91 Å². The summed E-state index contributed by atoms with van der Waals surface area (Å²) in [4.78, 5) is 29.5. The molecule has 1 aliphatic rings. The topological polar surface area (TPSA) is 74.8 Å². The van der Waals surface area contributed by atoms with E-state index >= 15 is 0 Å². The van der Waals surface area contributed by atoms with Crippen LogP contribution in [0.1, 0.15) is 46.2 Å². The standard InChI is InChI=1S/C17H28N4O3S/c1-5-21(20-8-6-7-9-20)15(22)14(10-13-11-25-12-18-13)19-16(23)24-17(2,3)4/h11-12,14H,5-10H2,1-4H3,(H,19,23). The molecule has 0 radical (unpaired) electrons. The number of carbonyl (C=O) groups excluding carboxylic acids is 2. The molecule has 25 heavy (non-hydrogen) atoms. The predicted molar refractivity (Wildman–Crippen MR) is 97.2 cm³/mol. The zero-order chi connectivity index (χ0) is 18.4. The second kappa shape index (κ2) is 8.62. The number of hydrogen-bond donors (Lipinski definition) is 1. The van der Waals surface area contributed by atoms with Gasteiger partial charge in [-0.1, -0.05) is 0 Å². The van der Waals surface area contributed by atoms with Crippen LogP contribution in [0.15, 0.2) is 10.9 Å². The summed E-state index contributed by atoms with van der Waals surface area (Å²) < 4.78 is 5.32. The minimum Gasteiger partial charge on any atom is -0.444 e. The minimum absolute atomic E-state index is 0.122. The monoisotopic (exact) mass is 368 g/mol. The average molecular weight is 369 g/mol. The summed E-state index contributed by atoms with van der Waals surface area (Å²) in [7, 11) is 0. The van der Waals surface area contributed by atoms with Crippen LogP contribution >= 0.6 is 11.3 Å². The number of ether oxygens (including phenoxy) is 1. The predicted octanol–water partition coefficient (Wildman–Crippen LogP) is 2.44. The Morgan fingerprint density at radius 3 is 2.60 bits per heavy atom. The summed E-state index contributed by atoms with van der Waals surface area (Å²) in [5.74, 6) is -0.122. The van der Waals surface area contributed by atoms with E-state index in [1.54, 1.807) is 31.3 Å². The van der Waals surface area contributed by atoms with Crippen LogP contribution in [0.3, 0.4) is 0 Å². The van der Waals surface area contributed by atoms with Crippen LogP contribution in [0.5, 0.6) is 0 Å². The van der Waals surface area contributed by atoms with Gasteiger partial charge in [0.1, 0.15) is 11.6 Å². The van der Waals surface area contributed by atoms with Crippen molar-refractivity contribution in [2.45, 2.75) is 58.6 Å². The van der Waals surface area contributed by atoms with Crippen LogP contribution in [0.4, 0.5) is 4.79 Å². The Hall–Kier alpha value is -1.67. The summed E-state index contributed by atoms with van der Waals surface area (Å²) in [6.45, 7) is 9.65. The highest BCUT2D eigenvalue weighted by Crippen LogP contribution is 2.15. The quantitative estimate of drug-likeness (QED) is 0.835. The fourth-order valence-electron chi connectivity index (χ4n) is 2.81. The Morgan fingerprint density at radius 1 is 1.40 bits per heavy atom. The smallest absolute Gasteiger partial charge is 0.408 e. The van der Waals surface area contributed by atoms with Crippen LogP contribution < -0.4 is 5.32 Å². The van der Waals surface area contributed by atoms with Gasteiger partial charge in [-0.05, 0) is 40.5 Å². The zero-order valence-corrected chi connectivity index (χ0v) is 16.3. The van der Waals surface area contributed by atoms with Gasteiger partial charge in [-0.2, -0.15) is 0 Å². The van der Waals surface area contributed by atoms with E-state index in [2.05, 4.69) is 15.3 Å². The first-order valence-electron chi connectivity index (χ1n) is 8.73. The molecule has 2 rings (SSSR count). The summed E-state index contributed by atoms with van der Waals surface area (Å²) in [5, 5.41) is 8.43. The van der Waals surface area contributed by atoms with Gasteiger partial charge in [-0.25, -0.2) is 14.8 Å². The lowest BCUT2D eigenvalue weighted by molar-refractivity contribution is -0.149. The lowest BCUT2D eigenvalue weighted by Gasteiger charge is -2.33. The second-order valence-corrected chi connectivity index (χ2v) is 7.82. The second-order valence-electron chi connectivity index (χ2n) is 7.10. The maximum atomic E-state index is 13.1. The highest BCUT2D eigenvalue weighted by atomic mass is 32.1. The van der Waals surface area contributed by atoms with Crippen LogP contribution in [-0.2, 0) is 16.0 Å². The normalized spacial score (nSPS) is 16.5. The zero-order valence-electron chi connectivity index (χ0n) is 15.4. The summed E-state index contributed by atoms with van der Waals surface area (Å²) >= 11 is 1.47. The van der Waals surface area contributed by atoms with Crippen LogP contribution in [0, 0.1) is 0 Å². The number of hydrazine groups is 1. The summed E-state index contributed by atoms with van der Waals surface area (Å²) in [6.07, 6.45) is 1.94. The molecule has 1 aliphatic heterocycles. The number of alkyl carbamates (subject to hydrolysis) is 1. The highest BCUT2D eigenvalue weighted by Gasteiger charge is 2.31. The van der Waals surface area contributed by atoms with Crippen molar-refractivity contribution in [2.75, 3.05) is 19.6 Å². The van der Waals surface area contributed by atoms with Crippen molar-refractivity contribution >= 4 is 23.3 Å². The Labute approximate surface area is 153 Å². The van der Waals surface area contributed by atoms with E-state index in [9.17, 15) is 9.59 Å². The molecule has 1 N–H and O–H groups in total. The third-order valence-corrected chi connectivity index (χ3v) is 4.50. The van der Waals surface area contributed by atoms with Gasteiger partial charge in [0.2, 0.25) is 0 Å². The molecule has 0 saturated carbocycles. The highest BCUT2D eigenvalue weighted by molar-refractivity contribution is 7.07. The molecule has 1 aromatic rings. The fraction of sp³-hybridized carbons (Fsp3) is 0.706. The van der Waals surface area contributed by atoms with Crippen LogP contribution in [0.2, 0.25) is 0 Å². The molecule has 1 saturated heterocycles. The van der Waals surface area contributed by atoms with Gasteiger partial charge in [-0.15, -0.1) is 11.3 Å². The maximum Gasteiger partial charge on any atom is 0.408 e. The van der Waals surface area contributed by atoms with Gasteiger partial charge in [0.15, 0.2) is 0 Å². The number of likely N-dealkylation sites (N-methyl/N-ethyl adjacent to an activating group) is 1. The molecular formula is C17H28N4O3S. The van der Waals surface area contributed by atoms with Crippen molar-refractivity contribution in [1.82, 2.24) is 20.3 Å².